The Balaban J connectivity index is 3.99. The van der Waals surface area contributed by atoms with Gasteiger partial charge in [0.1, 0.15) is 0 Å². The molecular weight excluding hydrogens is 188 g/mol. The maximum absolute atomic E-state index is 10.7. The van der Waals surface area contributed by atoms with Crippen LogP contribution in [0.25, 0.3) is 0 Å². The van der Waals surface area contributed by atoms with Crippen LogP contribution in [0.1, 0.15) is 6.92 Å². The number of ether oxygens (including phenoxy) is 2. The molecule has 5 heteroatoms. The van der Waals surface area contributed by atoms with Crippen molar-refractivity contribution in [2.24, 2.45) is 0 Å². The second kappa shape index (κ2) is 6.59. The molecule has 0 aliphatic rings. The highest BCUT2D eigenvalue weighted by Gasteiger charge is 2.03. The quantitative estimate of drug-likeness (QED) is 0.370. The zero-order valence-electron chi connectivity index (χ0n) is 7.69. The second-order valence-electron chi connectivity index (χ2n) is 2.03. The predicted molar refractivity (Wildman–Crippen MR) is 47.1 cm³/mol. The summed E-state index contributed by atoms with van der Waals surface area (Å²) < 4.78 is 8.62. The van der Waals surface area contributed by atoms with Crippen LogP contribution in [0, 0.1) is 0 Å². The summed E-state index contributed by atoms with van der Waals surface area (Å²) in [6.07, 6.45) is 2.53. The third-order valence-electron chi connectivity index (χ3n) is 1.01. The first kappa shape index (κ1) is 12.1. The van der Waals surface area contributed by atoms with Gasteiger partial charge in [-0.3, -0.25) is 0 Å². The van der Waals surface area contributed by atoms with Crippen molar-refractivity contribution in [3.05, 3.63) is 24.8 Å². The predicted octanol–water partition coefficient (Wildman–Crippen LogP) is 0.361. The third kappa shape index (κ3) is 5.70. The molecule has 0 rings (SSSR count). The molecule has 0 atom stereocenters. The van der Waals surface area contributed by atoms with E-state index in [4.69, 9.17) is 0 Å². The average molecular weight is 198 g/mol. The smallest absolute Gasteiger partial charge is 0.338 e. The van der Waals surface area contributed by atoms with Gasteiger partial charge in [-0.25, -0.2) is 14.4 Å². The van der Waals surface area contributed by atoms with Crippen LogP contribution in [0.2, 0.25) is 0 Å². The summed E-state index contributed by atoms with van der Waals surface area (Å²) in [6.45, 7) is 4.94. The summed E-state index contributed by atoms with van der Waals surface area (Å²) in [5, 5.41) is 0. The van der Waals surface area contributed by atoms with Gasteiger partial charge in [0.25, 0.3) is 0 Å². The summed E-state index contributed by atoms with van der Waals surface area (Å²) in [7, 11) is 0. The topological polar surface area (TPSA) is 69.7 Å². The first-order valence-corrected chi connectivity index (χ1v) is 3.83. The van der Waals surface area contributed by atoms with E-state index in [9.17, 15) is 14.4 Å². The minimum atomic E-state index is -0.942. The van der Waals surface area contributed by atoms with Crippen molar-refractivity contribution in [1.82, 2.24) is 0 Å². The lowest BCUT2D eigenvalue weighted by atomic mass is 10.5. The van der Waals surface area contributed by atoms with Gasteiger partial charge in [0, 0.05) is 18.2 Å². The van der Waals surface area contributed by atoms with E-state index in [0.29, 0.717) is 0 Å². The van der Waals surface area contributed by atoms with Gasteiger partial charge >= 0.3 is 17.9 Å². The summed E-state index contributed by atoms with van der Waals surface area (Å²) in [4.78, 5) is 31.9. The molecule has 0 aliphatic carbocycles. The molecule has 0 aromatic carbocycles. The van der Waals surface area contributed by atoms with E-state index in [1.54, 1.807) is 6.92 Å². The monoisotopic (exact) mass is 198 g/mol. The minimum absolute atomic E-state index is 0.212. The molecule has 14 heavy (non-hydrogen) atoms. The van der Waals surface area contributed by atoms with Crippen LogP contribution >= 0.6 is 0 Å². The maximum Gasteiger partial charge on any atom is 0.338 e. The molecular formula is C9H10O5. The molecule has 0 bridgehead atoms. The summed E-state index contributed by atoms with van der Waals surface area (Å²) in [6, 6.07) is 0. The van der Waals surface area contributed by atoms with E-state index in [-0.39, 0.29) is 6.61 Å². The first-order valence-electron chi connectivity index (χ1n) is 3.83. The van der Waals surface area contributed by atoms with Crippen molar-refractivity contribution in [2.45, 2.75) is 6.92 Å². The van der Waals surface area contributed by atoms with E-state index >= 15 is 0 Å². The fraction of sp³-hybridized carbons (Fsp3) is 0.222. The summed E-state index contributed by atoms with van der Waals surface area (Å²) in [5.74, 6) is -2.48. The minimum Gasteiger partial charge on any atom is -0.463 e. The van der Waals surface area contributed by atoms with Crippen molar-refractivity contribution in [3.8, 4) is 0 Å². The van der Waals surface area contributed by atoms with Gasteiger partial charge in [-0.15, -0.1) is 0 Å². The number of hydrogen-bond donors (Lipinski definition) is 0. The number of carbonyl (C=O) groups is 3. The van der Waals surface area contributed by atoms with Gasteiger partial charge in [0.15, 0.2) is 0 Å². The van der Waals surface area contributed by atoms with Gasteiger partial charge in [-0.1, -0.05) is 6.58 Å². The van der Waals surface area contributed by atoms with Crippen molar-refractivity contribution in [3.63, 3.8) is 0 Å². The second-order valence-corrected chi connectivity index (χ2v) is 2.03. The van der Waals surface area contributed by atoms with Crippen LogP contribution in [-0.4, -0.2) is 24.5 Å². The van der Waals surface area contributed by atoms with Crippen molar-refractivity contribution >= 4 is 17.9 Å². The molecule has 0 aliphatic heterocycles. The van der Waals surface area contributed by atoms with Crippen molar-refractivity contribution in [1.29, 1.82) is 0 Å². The van der Waals surface area contributed by atoms with Gasteiger partial charge in [0.05, 0.1) is 6.61 Å². The molecule has 0 saturated carbocycles. The molecule has 0 N–H and O–H groups in total. The lowest BCUT2D eigenvalue weighted by molar-refractivity contribution is -0.152. The van der Waals surface area contributed by atoms with Crippen LogP contribution in [0.4, 0.5) is 0 Å². The van der Waals surface area contributed by atoms with E-state index in [2.05, 4.69) is 16.1 Å². The lowest BCUT2D eigenvalue weighted by Crippen LogP contribution is -2.08. The Morgan fingerprint density at radius 1 is 1.14 bits per heavy atom. The van der Waals surface area contributed by atoms with Crippen LogP contribution in [-0.2, 0) is 23.9 Å². The highest BCUT2D eigenvalue weighted by atomic mass is 16.6. The van der Waals surface area contributed by atoms with E-state index < -0.39 is 17.9 Å². The first-order chi connectivity index (χ1) is 6.60. The van der Waals surface area contributed by atoms with Gasteiger partial charge in [-0.2, -0.15) is 0 Å². The lowest BCUT2D eigenvalue weighted by Gasteiger charge is -1.95. The molecule has 5 nitrogen and oxygen atoms in total. The molecule has 0 unspecified atom stereocenters. The Kier molecular flexibility index (Phi) is 5.69. The molecule has 0 saturated heterocycles. The fourth-order valence-corrected chi connectivity index (χ4v) is 0.501. The molecule has 0 aromatic rings. The number of carbonyl (C=O) groups excluding carboxylic acids is 3. The Morgan fingerprint density at radius 2 is 1.71 bits per heavy atom. The Hall–Kier alpha value is -1.91. The van der Waals surface area contributed by atoms with Gasteiger partial charge in [-0.05, 0) is 6.92 Å². The van der Waals surface area contributed by atoms with Gasteiger partial charge < -0.3 is 9.47 Å². The van der Waals surface area contributed by atoms with E-state index in [1.165, 1.54) is 0 Å². The summed E-state index contributed by atoms with van der Waals surface area (Å²) >= 11 is 0. The molecule has 0 fully saturated rings. The fourth-order valence-electron chi connectivity index (χ4n) is 0.501. The highest BCUT2D eigenvalue weighted by molar-refractivity contribution is 5.98. The third-order valence-corrected chi connectivity index (χ3v) is 1.01. The Morgan fingerprint density at radius 3 is 2.21 bits per heavy atom. The highest BCUT2D eigenvalue weighted by Crippen LogP contribution is 1.86. The van der Waals surface area contributed by atoms with Crippen LogP contribution in [0.5, 0.6) is 0 Å². The van der Waals surface area contributed by atoms with E-state index in [0.717, 1.165) is 18.2 Å². The largest absolute Gasteiger partial charge is 0.463 e. The Labute approximate surface area is 81.0 Å². The molecule has 0 heterocycles. The molecule has 0 amide bonds. The molecule has 0 radical (unpaired) electrons. The zero-order chi connectivity index (χ0) is 11.0. The maximum atomic E-state index is 10.7. The molecule has 76 valence electrons. The van der Waals surface area contributed by atoms with Crippen LogP contribution < -0.4 is 0 Å². The van der Waals surface area contributed by atoms with E-state index in [1.807, 2.05) is 0 Å². The molecule has 0 spiro atoms. The standard InChI is InChI=1S/C9H10O5/c1-3-7(10)14-9(12)6-5-8(11)13-4-2/h3,5-6H,1,4H2,2H3. The van der Waals surface area contributed by atoms with Gasteiger partial charge in [0.2, 0.25) is 0 Å². The van der Waals surface area contributed by atoms with Crippen molar-refractivity contribution in [2.75, 3.05) is 6.61 Å². The van der Waals surface area contributed by atoms with Crippen molar-refractivity contribution < 1.29 is 23.9 Å². The SMILES string of the molecule is C=CC(=O)OC(=O)C=CC(=O)OCC. The van der Waals surface area contributed by atoms with Crippen LogP contribution in [0.15, 0.2) is 24.8 Å². The summed E-state index contributed by atoms with van der Waals surface area (Å²) in [5.41, 5.74) is 0. The Bertz CT molecular complexity index is 277. The molecule has 0 aromatic heterocycles. The number of rotatable bonds is 4. The number of hydrogen-bond acceptors (Lipinski definition) is 5. The number of esters is 3. The zero-order valence-corrected chi connectivity index (χ0v) is 7.69. The van der Waals surface area contributed by atoms with Crippen LogP contribution in [0.3, 0.4) is 0 Å². The normalized spacial score (nSPS) is 9.50. The average Bonchev–Trinajstić information content (AvgIpc) is 2.15.